The van der Waals surface area contributed by atoms with Crippen LogP contribution in [0.15, 0.2) is 60.4 Å². The minimum Gasteiger partial charge on any atom is -0.489 e. The quantitative estimate of drug-likeness (QED) is 0.425. The Morgan fingerprint density at radius 2 is 2.04 bits per heavy atom. The first kappa shape index (κ1) is 21.8. The summed E-state index contributed by atoms with van der Waals surface area (Å²) in [5.74, 6) is -0.962. The Morgan fingerprint density at radius 3 is 2.62 bits per heavy atom. The molecule has 6 heteroatoms. The third-order valence-electron chi connectivity index (χ3n) is 3.82. The van der Waals surface area contributed by atoms with E-state index in [1.165, 1.54) is 0 Å². The van der Waals surface area contributed by atoms with Crippen LogP contribution in [-0.4, -0.2) is 23.9 Å². The van der Waals surface area contributed by atoms with Gasteiger partial charge < -0.3 is 9.84 Å². The van der Waals surface area contributed by atoms with Gasteiger partial charge in [-0.25, -0.2) is 0 Å². The summed E-state index contributed by atoms with van der Waals surface area (Å²) >= 11 is 0. The summed E-state index contributed by atoms with van der Waals surface area (Å²) in [6, 6.07) is 0. The third-order valence-corrected chi connectivity index (χ3v) is 3.82. The van der Waals surface area contributed by atoms with Crippen molar-refractivity contribution in [1.82, 2.24) is 0 Å². The largest absolute Gasteiger partial charge is 0.489 e. The third kappa shape index (κ3) is 8.23. The molecule has 0 spiro atoms. The van der Waals surface area contributed by atoms with Gasteiger partial charge in [-0.1, -0.05) is 37.8 Å². The van der Waals surface area contributed by atoms with Crippen LogP contribution in [0.3, 0.4) is 0 Å². The van der Waals surface area contributed by atoms with Crippen LogP contribution >= 0.6 is 0 Å². The van der Waals surface area contributed by atoms with E-state index in [0.29, 0.717) is 12.2 Å². The highest BCUT2D eigenvalue weighted by atomic mass is 19.4. The van der Waals surface area contributed by atoms with E-state index in [4.69, 9.17) is 9.84 Å². The molecule has 2 atom stereocenters. The van der Waals surface area contributed by atoms with Crippen LogP contribution in [0.1, 0.15) is 32.6 Å². The number of ether oxygens (including phenoxy) is 1. The zero-order valence-corrected chi connectivity index (χ0v) is 14.9. The van der Waals surface area contributed by atoms with Crippen molar-refractivity contribution in [2.75, 3.05) is 6.61 Å². The highest BCUT2D eigenvalue weighted by Crippen LogP contribution is 2.31. The van der Waals surface area contributed by atoms with E-state index in [-0.39, 0.29) is 30.4 Å². The van der Waals surface area contributed by atoms with E-state index in [0.717, 1.165) is 12.0 Å². The Kier molecular flexibility index (Phi) is 8.42. The summed E-state index contributed by atoms with van der Waals surface area (Å²) in [6.07, 6.45) is 5.00. The number of unbranched alkanes of at least 4 members (excludes halogenated alkanes) is 1. The van der Waals surface area contributed by atoms with Crippen LogP contribution < -0.4 is 0 Å². The van der Waals surface area contributed by atoms with E-state index in [1.807, 2.05) is 19.1 Å². The first-order valence-electron chi connectivity index (χ1n) is 8.41. The van der Waals surface area contributed by atoms with Gasteiger partial charge >= 0.3 is 12.1 Å². The minimum absolute atomic E-state index is 0.0410. The fourth-order valence-corrected chi connectivity index (χ4v) is 2.60. The summed E-state index contributed by atoms with van der Waals surface area (Å²) in [6.45, 7) is 8.75. The van der Waals surface area contributed by atoms with Gasteiger partial charge in [0.1, 0.15) is 12.4 Å². The van der Waals surface area contributed by atoms with Gasteiger partial charge in [-0.2, -0.15) is 13.2 Å². The summed E-state index contributed by atoms with van der Waals surface area (Å²) in [4.78, 5) is 11.0. The highest BCUT2D eigenvalue weighted by molar-refractivity contribution is 5.67. The summed E-state index contributed by atoms with van der Waals surface area (Å²) < 4.78 is 43.0. The van der Waals surface area contributed by atoms with Crippen molar-refractivity contribution in [3.05, 3.63) is 60.4 Å². The standard InChI is InChI=1S/C20H25F3O3/c1-4-5-6-7-17-15(3)8-9-16(11-19(24)25)10-18(17)26-13-14(2)12-20(21,22)23/h4,7-10,15-16H,1-2,5-6,11-13H2,3H3,(H,24,25)/b17-7+/t15-,16?/m0/s1. The normalized spacial score (nSPS) is 21.8. The van der Waals surface area contributed by atoms with Crippen LogP contribution in [0, 0.1) is 11.8 Å². The minimum atomic E-state index is -4.33. The molecule has 0 bridgehead atoms. The summed E-state index contributed by atoms with van der Waals surface area (Å²) in [5, 5.41) is 9.03. The van der Waals surface area contributed by atoms with Crippen molar-refractivity contribution >= 4 is 5.97 Å². The molecule has 0 amide bonds. The molecule has 1 rings (SSSR count). The zero-order chi connectivity index (χ0) is 19.7. The van der Waals surface area contributed by atoms with Crippen molar-refractivity contribution in [3.63, 3.8) is 0 Å². The van der Waals surface area contributed by atoms with Crippen LogP contribution in [0.5, 0.6) is 0 Å². The van der Waals surface area contributed by atoms with E-state index >= 15 is 0 Å². The number of carboxylic acid groups (broad SMARTS) is 1. The SMILES string of the molecule is C=CCC/C=C1/C(OCC(=C)CC(F)(F)F)=CC(CC(=O)O)C=C[C@@H]1C. The Labute approximate surface area is 152 Å². The Hall–Kier alpha value is -2.24. The van der Waals surface area contributed by atoms with Gasteiger partial charge in [-0.15, -0.1) is 6.58 Å². The van der Waals surface area contributed by atoms with Crippen LogP contribution in [-0.2, 0) is 9.53 Å². The molecule has 3 nitrogen and oxygen atoms in total. The predicted molar refractivity (Wildman–Crippen MR) is 95.4 cm³/mol. The lowest BCUT2D eigenvalue weighted by Gasteiger charge is -2.18. The molecule has 0 aromatic rings. The van der Waals surface area contributed by atoms with E-state index in [9.17, 15) is 18.0 Å². The predicted octanol–water partition coefficient (Wildman–Crippen LogP) is 5.58. The molecule has 0 saturated carbocycles. The number of hydrogen-bond donors (Lipinski definition) is 1. The molecule has 0 fully saturated rings. The molecule has 144 valence electrons. The molecular weight excluding hydrogens is 345 g/mol. The van der Waals surface area contributed by atoms with E-state index in [1.54, 1.807) is 18.2 Å². The Morgan fingerprint density at radius 1 is 1.35 bits per heavy atom. The number of carbonyl (C=O) groups is 1. The van der Waals surface area contributed by atoms with Gasteiger partial charge in [0.25, 0.3) is 0 Å². The molecule has 0 heterocycles. The van der Waals surface area contributed by atoms with Gasteiger partial charge in [0.05, 0.1) is 12.8 Å². The fourth-order valence-electron chi connectivity index (χ4n) is 2.60. The number of rotatable bonds is 9. The molecule has 0 radical (unpaired) electrons. The van der Waals surface area contributed by atoms with Gasteiger partial charge in [-0.3, -0.25) is 4.79 Å². The monoisotopic (exact) mass is 370 g/mol. The van der Waals surface area contributed by atoms with Crippen molar-refractivity contribution in [1.29, 1.82) is 0 Å². The number of allylic oxidation sites excluding steroid dienone is 6. The Bertz CT molecular complexity index is 612. The zero-order valence-electron chi connectivity index (χ0n) is 14.9. The van der Waals surface area contributed by atoms with Gasteiger partial charge in [0, 0.05) is 11.8 Å². The number of halogens is 3. The van der Waals surface area contributed by atoms with Crippen LogP contribution in [0.4, 0.5) is 13.2 Å². The lowest BCUT2D eigenvalue weighted by Crippen LogP contribution is -2.12. The molecule has 1 aliphatic carbocycles. The lowest BCUT2D eigenvalue weighted by atomic mass is 9.98. The summed E-state index contributed by atoms with van der Waals surface area (Å²) in [5.41, 5.74) is 0.749. The molecule has 0 aromatic carbocycles. The number of aliphatic carboxylic acids is 1. The average Bonchev–Trinajstić information content (AvgIpc) is 2.64. The van der Waals surface area contributed by atoms with Crippen molar-refractivity contribution in [2.24, 2.45) is 11.8 Å². The second-order valence-corrected chi connectivity index (χ2v) is 6.32. The molecule has 1 aliphatic rings. The molecule has 0 aromatic heterocycles. The maximum Gasteiger partial charge on any atom is 0.392 e. The maximum absolute atomic E-state index is 12.5. The van der Waals surface area contributed by atoms with E-state index in [2.05, 4.69) is 13.2 Å². The topological polar surface area (TPSA) is 46.5 Å². The van der Waals surface area contributed by atoms with Crippen molar-refractivity contribution in [3.8, 4) is 0 Å². The molecule has 0 saturated heterocycles. The fraction of sp³-hybridized carbons (Fsp3) is 0.450. The Balaban J connectivity index is 2.99. The molecule has 1 unspecified atom stereocenters. The lowest BCUT2D eigenvalue weighted by molar-refractivity contribution is -0.137. The molecule has 1 N–H and O–H groups in total. The van der Waals surface area contributed by atoms with Crippen molar-refractivity contribution < 1.29 is 27.8 Å². The number of carboxylic acids is 1. The van der Waals surface area contributed by atoms with Crippen molar-refractivity contribution in [2.45, 2.75) is 38.8 Å². The first-order chi connectivity index (χ1) is 12.1. The van der Waals surface area contributed by atoms with E-state index < -0.39 is 18.6 Å². The second-order valence-electron chi connectivity index (χ2n) is 6.32. The van der Waals surface area contributed by atoms with Gasteiger partial charge in [0.15, 0.2) is 0 Å². The van der Waals surface area contributed by atoms with Crippen LogP contribution in [0.2, 0.25) is 0 Å². The number of alkyl halides is 3. The molecule has 0 aliphatic heterocycles. The molecular formula is C20H25F3O3. The van der Waals surface area contributed by atoms with Gasteiger partial charge in [0.2, 0.25) is 0 Å². The smallest absolute Gasteiger partial charge is 0.392 e. The summed E-state index contributed by atoms with van der Waals surface area (Å²) in [7, 11) is 0. The maximum atomic E-state index is 12.5. The second kappa shape index (κ2) is 10.0. The van der Waals surface area contributed by atoms with Gasteiger partial charge in [-0.05, 0) is 30.1 Å². The average molecular weight is 370 g/mol. The molecule has 26 heavy (non-hydrogen) atoms. The highest BCUT2D eigenvalue weighted by Gasteiger charge is 2.28. The van der Waals surface area contributed by atoms with Crippen LogP contribution in [0.25, 0.3) is 0 Å². The first-order valence-corrected chi connectivity index (χ1v) is 8.41. The number of hydrogen-bond acceptors (Lipinski definition) is 2.